The highest BCUT2D eigenvalue weighted by Gasteiger charge is 2.15. The van der Waals surface area contributed by atoms with Gasteiger partial charge < -0.3 is 24.6 Å². The number of aromatic nitrogens is 3. The number of carboxylic acid groups (broad SMARTS) is 1. The van der Waals surface area contributed by atoms with E-state index in [0.29, 0.717) is 40.0 Å². The maximum Gasteiger partial charge on any atom is 0.355 e. The number of hydrogen-bond donors (Lipinski definition) is 2. The molecule has 0 spiro atoms. The summed E-state index contributed by atoms with van der Waals surface area (Å²) in [6.07, 6.45) is 2.33. The van der Waals surface area contributed by atoms with Crippen LogP contribution in [0.25, 0.3) is 10.9 Å². The third-order valence-corrected chi connectivity index (χ3v) is 5.61. The molecular formula is C23H33N5O5S. The second-order valence-corrected chi connectivity index (χ2v) is 7.72. The van der Waals surface area contributed by atoms with Gasteiger partial charge in [0, 0.05) is 36.5 Å². The molecule has 0 radical (unpaired) electrons. The number of anilines is 2. The maximum atomic E-state index is 11.1. The Kier molecular flexibility index (Phi) is 10.9. The minimum atomic E-state index is -1.08. The molecule has 4 rings (SSSR count). The van der Waals surface area contributed by atoms with Crippen molar-refractivity contribution in [3.05, 3.63) is 29.5 Å². The van der Waals surface area contributed by atoms with Gasteiger partial charge >= 0.3 is 5.97 Å². The lowest BCUT2D eigenvalue weighted by Crippen LogP contribution is -2.37. The first-order valence-corrected chi connectivity index (χ1v) is 11.7. The number of nitrogens with one attached hydrogen (secondary N) is 1. The number of nitrogens with zero attached hydrogens (tertiary/aromatic N) is 4. The Balaban J connectivity index is 0.00000133. The number of carbonyl (C=O) groups is 1. The Morgan fingerprint density at radius 3 is 2.68 bits per heavy atom. The molecule has 1 fully saturated rings. The van der Waals surface area contributed by atoms with Gasteiger partial charge in [-0.05, 0) is 12.5 Å². The van der Waals surface area contributed by atoms with Crippen LogP contribution in [0.5, 0.6) is 11.5 Å². The van der Waals surface area contributed by atoms with E-state index in [1.807, 2.05) is 19.9 Å². The van der Waals surface area contributed by atoms with Gasteiger partial charge in [-0.25, -0.2) is 19.7 Å². The van der Waals surface area contributed by atoms with Crippen LogP contribution >= 0.6 is 11.3 Å². The fourth-order valence-corrected chi connectivity index (χ4v) is 3.95. The van der Waals surface area contributed by atoms with Gasteiger partial charge in [-0.15, -0.1) is 11.3 Å². The van der Waals surface area contributed by atoms with Gasteiger partial charge in [-0.3, -0.25) is 4.90 Å². The Morgan fingerprint density at radius 2 is 2.00 bits per heavy atom. The molecule has 186 valence electrons. The number of thiazole rings is 1. The van der Waals surface area contributed by atoms with Gasteiger partial charge in [0.25, 0.3) is 0 Å². The second kappa shape index (κ2) is 13.6. The average Bonchev–Trinajstić information content (AvgIpc) is 3.32. The summed E-state index contributed by atoms with van der Waals surface area (Å²) in [6, 6.07) is 3.63. The lowest BCUT2D eigenvalue weighted by Gasteiger charge is -2.26. The summed E-state index contributed by atoms with van der Waals surface area (Å²) < 4.78 is 16.9. The largest absolute Gasteiger partial charge is 0.493 e. The quantitative estimate of drug-likeness (QED) is 0.419. The fourth-order valence-electron chi connectivity index (χ4n) is 3.26. The topological polar surface area (TPSA) is 119 Å². The van der Waals surface area contributed by atoms with E-state index in [1.165, 1.54) is 23.0 Å². The Bertz CT molecular complexity index is 1060. The van der Waals surface area contributed by atoms with Crippen LogP contribution in [0.1, 0.15) is 38.2 Å². The molecule has 1 aliphatic rings. The summed E-state index contributed by atoms with van der Waals surface area (Å²) in [6.45, 7) is 9.01. The number of aromatic carboxylic acids is 1. The molecule has 0 unspecified atom stereocenters. The molecule has 1 saturated heterocycles. The van der Waals surface area contributed by atoms with E-state index >= 15 is 0 Å². The van der Waals surface area contributed by atoms with Crippen LogP contribution in [0.3, 0.4) is 0 Å². The molecule has 2 aromatic heterocycles. The van der Waals surface area contributed by atoms with Gasteiger partial charge in [0.1, 0.15) is 12.1 Å². The molecule has 34 heavy (non-hydrogen) atoms. The Labute approximate surface area is 203 Å². The van der Waals surface area contributed by atoms with Gasteiger partial charge in [0.15, 0.2) is 22.3 Å². The molecule has 3 heterocycles. The van der Waals surface area contributed by atoms with Crippen LogP contribution in [-0.4, -0.2) is 77.5 Å². The van der Waals surface area contributed by atoms with Gasteiger partial charge in [-0.1, -0.05) is 21.3 Å². The first-order valence-electron chi connectivity index (χ1n) is 10.9. The van der Waals surface area contributed by atoms with E-state index in [-0.39, 0.29) is 13.1 Å². The molecule has 1 aromatic carbocycles. The predicted molar refractivity (Wildman–Crippen MR) is 134 cm³/mol. The smallest absolute Gasteiger partial charge is 0.355 e. The molecule has 3 aromatic rings. The molecule has 10 nitrogen and oxygen atoms in total. The van der Waals surface area contributed by atoms with Gasteiger partial charge in [-0.2, -0.15) is 0 Å². The summed E-state index contributed by atoms with van der Waals surface area (Å²) in [5.74, 6) is 0.619. The molecule has 11 heteroatoms. The first-order chi connectivity index (χ1) is 16.1. The SMILES string of the molecule is C.CC.COc1cc2c(Nc3nc(C(=O)O)cs3)ncnc2cc1OCCCN1CCOCC1. The molecular weight excluding hydrogens is 458 g/mol. The minimum absolute atomic E-state index is 0. The summed E-state index contributed by atoms with van der Waals surface area (Å²) in [4.78, 5) is 26.1. The molecule has 0 aliphatic carbocycles. The second-order valence-electron chi connectivity index (χ2n) is 6.87. The van der Waals surface area contributed by atoms with Crippen molar-refractivity contribution in [2.75, 3.05) is 51.9 Å². The van der Waals surface area contributed by atoms with Crippen molar-refractivity contribution in [3.8, 4) is 11.5 Å². The molecule has 1 aliphatic heterocycles. The molecule has 0 bridgehead atoms. The normalized spacial score (nSPS) is 13.4. The zero-order valence-electron chi connectivity index (χ0n) is 19.0. The van der Waals surface area contributed by atoms with E-state index in [1.54, 1.807) is 13.2 Å². The highest BCUT2D eigenvalue weighted by molar-refractivity contribution is 7.14. The van der Waals surface area contributed by atoms with Crippen LogP contribution in [0.2, 0.25) is 0 Å². The zero-order chi connectivity index (χ0) is 23.6. The van der Waals surface area contributed by atoms with E-state index in [9.17, 15) is 4.79 Å². The third kappa shape index (κ3) is 6.99. The third-order valence-electron chi connectivity index (χ3n) is 4.85. The van der Waals surface area contributed by atoms with Crippen molar-refractivity contribution in [3.63, 3.8) is 0 Å². The van der Waals surface area contributed by atoms with Crippen LogP contribution in [-0.2, 0) is 4.74 Å². The van der Waals surface area contributed by atoms with E-state index in [4.69, 9.17) is 19.3 Å². The number of morpholine rings is 1. The average molecular weight is 492 g/mol. The monoisotopic (exact) mass is 491 g/mol. The lowest BCUT2D eigenvalue weighted by atomic mass is 10.2. The van der Waals surface area contributed by atoms with Crippen LogP contribution in [0.4, 0.5) is 10.9 Å². The van der Waals surface area contributed by atoms with Crippen LogP contribution in [0, 0.1) is 0 Å². The predicted octanol–water partition coefficient (Wildman–Crippen LogP) is 4.30. The highest BCUT2D eigenvalue weighted by atomic mass is 32.1. The minimum Gasteiger partial charge on any atom is -0.493 e. The molecule has 0 saturated carbocycles. The number of fused-ring (bicyclic) bond motifs is 1. The number of rotatable bonds is 9. The Hall–Kier alpha value is -3.02. The number of carboxylic acids is 1. The van der Waals surface area contributed by atoms with Crippen LogP contribution < -0.4 is 14.8 Å². The van der Waals surface area contributed by atoms with E-state index in [0.717, 1.165) is 39.3 Å². The summed E-state index contributed by atoms with van der Waals surface area (Å²) in [5.41, 5.74) is 0.660. The van der Waals surface area contributed by atoms with Gasteiger partial charge in [0.2, 0.25) is 0 Å². The molecule has 0 atom stereocenters. The lowest BCUT2D eigenvalue weighted by molar-refractivity contribution is 0.0357. The van der Waals surface area contributed by atoms with Crippen LogP contribution in [0.15, 0.2) is 23.8 Å². The molecule has 2 N–H and O–H groups in total. The van der Waals surface area contributed by atoms with Gasteiger partial charge in [0.05, 0.1) is 32.4 Å². The maximum absolute atomic E-state index is 11.1. The number of benzene rings is 1. The standard InChI is InChI=1S/C20H23N5O5S.C2H6.CH4/c1-28-16-9-13-14(10-17(16)30-6-2-3-25-4-7-29-8-5-25)21-12-22-18(13)24-20-23-15(11-31-20)19(26)27;1-2;/h9-12H,2-8H2,1H3,(H,26,27)(H,21,22,23,24);1-2H3;1H4. The van der Waals surface area contributed by atoms with E-state index in [2.05, 4.69) is 25.2 Å². The summed E-state index contributed by atoms with van der Waals surface area (Å²) in [5, 5.41) is 14.7. The first kappa shape index (κ1) is 27.2. The summed E-state index contributed by atoms with van der Waals surface area (Å²) in [7, 11) is 1.58. The van der Waals surface area contributed by atoms with Crippen molar-refractivity contribution in [2.45, 2.75) is 27.7 Å². The van der Waals surface area contributed by atoms with Crippen molar-refractivity contribution >= 4 is 39.2 Å². The van der Waals surface area contributed by atoms with Crippen molar-refractivity contribution in [1.82, 2.24) is 19.9 Å². The number of methoxy groups -OCH3 is 1. The highest BCUT2D eigenvalue weighted by Crippen LogP contribution is 2.35. The number of hydrogen-bond acceptors (Lipinski definition) is 10. The fraction of sp³-hybridized carbons (Fsp3) is 0.478. The number of ether oxygens (including phenoxy) is 3. The molecule has 0 amide bonds. The van der Waals surface area contributed by atoms with Crippen molar-refractivity contribution in [2.24, 2.45) is 0 Å². The van der Waals surface area contributed by atoms with E-state index < -0.39 is 5.97 Å². The van der Waals surface area contributed by atoms with Crippen molar-refractivity contribution < 1.29 is 24.1 Å². The summed E-state index contributed by atoms with van der Waals surface area (Å²) >= 11 is 1.19. The Morgan fingerprint density at radius 1 is 1.24 bits per heavy atom. The van der Waals surface area contributed by atoms with Crippen molar-refractivity contribution in [1.29, 1.82) is 0 Å². The zero-order valence-corrected chi connectivity index (χ0v) is 19.9.